The van der Waals surface area contributed by atoms with E-state index in [-0.39, 0.29) is 5.60 Å². The van der Waals surface area contributed by atoms with Crippen LogP contribution in [0.25, 0.3) is 31.9 Å². The molecule has 5 heterocycles. The van der Waals surface area contributed by atoms with Gasteiger partial charge in [-0.15, -0.1) is 11.3 Å². The molecule has 162 valence electrons. The van der Waals surface area contributed by atoms with Gasteiger partial charge in [0.15, 0.2) is 5.76 Å². The van der Waals surface area contributed by atoms with Crippen LogP contribution in [0.2, 0.25) is 0 Å². The molecule has 4 aromatic rings. The molecule has 0 amide bonds. The summed E-state index contributed by atoms with van der Waals surface area (Å²) in [4.78, 5) is 17.1. The van der Waals surface area contributed by atoms with Crippen molar-refractivity contribution in [2.45, 2.75) is 38.9 Å². The van der Waals surface area contributed by atoms with Gasteiger partial charge in [0, 0.05) is 23.9 Å². The number of nitrogens with zero attached hydrogens (tertiary/aromatic N) is 4. The van der Waals surface area contributed by atoms with Crippen LogP contribution in [0, 0.1) is 0 Å². The maximum Gasteiger partial charge on any atom is 0.234 e. The van der Waals surface area contributed by atoms with Crippen LogP contribution < -0.4 is 4.74 Å². The van der Waals surface area contributed by atoms with E-state index >= 15 is 0 Å². The van der Waals surface area contributed by atoms with Crippen molar-refractivity contribution in [2.75, 3.05) is 27.2 Å². The summed E-state index contributed by atoms with van der Waals surface area (Å²) in [5.74, 6) is 1.39. The quantitative estimate of drug-likeness (QED) is 0.405. The first-order valence-corrected chi connectivity index (χ1v) is 11.3. The first-order valence-electron chi connectivity index (χ1n) is 10.5. The van der Waals surface area contributed by atoms with E-state index in [9.17, 15) is 0 Å². The maximum absolute atomic E-state index is 6.14. The van der Waals surface area contributed by atoms with Gasteiger partial charge in [-0.1, -0.05) is 0 Å². The number of pyridine rings is 1. The molecular weight excluding hydrogens is 412 g/mol. The minimum absolute atomic E-state index is 0.255. The molecule has 5 rings (SSSR count). The Balaban J connectivity index is 1.66. The molecular formula is C23H26N4O3S. The smallest absolute Gasteiger partial charge is 0.234 e. The van der Waals surface area contributed by atoms with Crippen LogP contribution in [0.15, 0.2) is 29.1 Å². The van der Waals surface area contributed by atoms with E-state index in [0.717, 1.165) is 56.8 Å². The number of hydrogen-bond acceptors (Lipinski definition) is 8. The first kappa shape index (κ1) is 20.4. The van der Waals surface area contributed by atoms with Crippen molar-refractivity contribution in [3.8, 4) is 17.3 Å². The standard InChI is InChI=1S/C23H26N4O3S/c1-23(2)11-14-15(12-30-23)18(16-7-5-9-28-16)26-22-17(14)19-20(31-22)21(25-13-24-19)29-10-6-8-27(3)4/h5,7,9,13H,6,8,10-12H2,1-4H3. The molecule has 0 radical (unpaired) electrons. The predicted molar refractivity (Wildman–Crippen MR) is 122 cm³/mol. The summed E-state index contributed by atoms with van der Waals surface area (Å²) in [5.41, 5.74) is 3.81. The lowest BCUT2D eigenvalue weighted by atomic mass is 9.89. The molecule has 0 fully saturated rings. The van der Waals surface area contributed by atoms with E-state index in [0.29, 0.717) is 19.1 Å². The third kappa shape index (κ3) is 3.79. The van der Waals surface area contributed by atoms with Crippen molar-refractivity contribution in [3.05, 3.63) is 35.9 Å². The van der Waals surface area contributed by atoms with Crippen LogP contribution in [-0.2, 0) is 17.8 Å². The van der Waals surface area contributed by atoms with Crippen molar-refractivity contribution < 1.29 is 13.9 Å². The zero-order chi connectivity index (χ0) is 21.6. The molecule has 0 spiro atoms. The second kappa shape index (κ2) is 7.85. The van der Waals surface area contributed by atoms with Crippen LogP contribution in [-0.4, -0.2) is 52.7 Å². The topological polar surface area (TPSA) is 73.5 Å². The Morgan fingerprint density at radius 3 is 2.87 bits per heavy atom. The Labute approximate surface area is 185 Å². The van der Waals surface area contributed by atoms with Gasteiger partial charge in [-0.25, -0.2) is 15.0 Å². The third-order valence-corrected chi connectivity index (χ3v) is 6.60. The first-order chi connectivity index (χ1) is 14.9. The van der Waals surface area contributed by atoms with Gasteiger partial charge < -0.3 is 18.8 Å². The minimum atomic E-state index is -0.255. The molecule has 4 aromatic heterocycles. The number of thiophene rings is 1. The van der Waals surface area contributed by atoms with Gasteiger partial charge in [-0.05, 0) is 52.1 Å². The SMILES string of the molecule is CN(C)CCCOc1ncnc2c1sc1nc(-c3ccco3)c3c(c12)CC(C)(C)OC3. The average molecular weight is 439 g/mol. The van der Waals surface area contributed by atoms with Gasteiger partial charge in [-0.2, -0.15) is 0 Å². The molecule has 8 heteroatoms. The van der Waals surface area contributed by atoms with Crippen LogP contribution in [0.4, 0.5) is 0 Å². The normalized spacial score (nSPS) is 15.6. The molecule has 1 aliphatic heterocycles. The van der Waals surface area contributed by atoms with Crippen molar-refractivity contribution in [1.29, 1.82) is 0 Å². The number of ether oxygens (including phenoxy) is 2. The summed E-state index contributed by atoms with van der Waals surface area (Å²) in [5, 5.41) is 1.09. The number of aromatic nitrogens is 3. The molecule has 0 aliphatic carbocycles. The highest BCUT2D eigenvalue weighted by Gasteiger charge is 2.32. The Morgan fingerprint density at radius 2 is 2.10 bits per heavy atom. The lowest BCUT2D eigenvalue weighted by Gasteiger charge is -2.32. The fourth-order valence-electron chi connectivity index (χ4n) is 4.05. The van der Waals surface area contributed by atoms with Gasteiger partial charge in [-0.3, -0.25) is 0 Å². The fourth-order valence-corrected chi connectivity index (χ4v) is 5.16. The highest BCUT2D eigenvalue weighted by atomic mass is 32.1. The highest BCUT2D eigenvalue weighted by Crippen LogP contribution is 2.44. The zero-order valence-electron chi connectivity index (χ0n) is 18.3. The van der Waals surface area contributed by atoms with Gasteiger partial charge in [0.1, 0.15) is 21.6 Å². The average Bonchev–Trinajstić information content (AvgIpc) is 3.37. The number of hydrogen-bond donors (Lipinski definition) is 0. The van der Waals surface area contributed by atoms with E-state index in [2.05, 4.69) is 42.8 Å². The highest BCUT2D eigenvalue weighted by molar-refractivity contribution is 7.25. The largest absolute Gasteiger partial charge is 0.477 e. The van der Waals surface area contributed by atoms with Gasteiger partial charge in [0.2, 0.25) is 5.88 Å². The van der Waals surface area contributed by atoms with Crippen LogP contribution in [0.3, 0.4) is 0 Å². The zero-order valence-corrected chi connectivity index (χ0v) is 19.1. The van der Waals surface area contributed by atoms with Gasteiger partial charge in [0.05, 0.1) is 30.6 Å². The van der Waals surface area contributed by atoms with Crippen molar-refractivity contribution in [3.63, 3.8) is 0 Å². The second-order valence-electron chi connectivity index (χ2n) is 8.76. The van der Waals surface area contributed by atoms with E-state index in [4.69, 9.17) is 18.9 Å². The summed E-state index contributed by atoms with van der Waals surface area (Å²) in [6, 6.07) is 3.83. The van der Waals surface area contributed by atoms with Crippen LogP contribution in [0.5, 0.6) is 5.88 Å². The third-order valence-electron chi connectivity index (χ3n) is 5.54. The second-order valence-corrected chi connectivity index (χ2v) is 9.76. The maximum atomic E-state index is 6.14. The lowest BCUT2D eigenvalue weighted by molar-refractivity contribution is -0.0395. The molecule has 0 aromatic carbocycles. The Bertz CT molecular complexity index is 1230. The number of fused-ring (bicyclic) bond motifs is 5. The van der Waals surface area contributed by atoms with Crippen molar-refractivity contribution in [1.82, 2.24) is 19.9 Å². The van der Waals surface area contributed by atoms with E-state index in [1.54, 1.807) is 23.9 Å². The molecule has 0 unspecified atom stereocenters. The monoisotopic (exact) mass is 438 g/mol. The number of rotatable bonds is 6. The Morgan fingerprint density at radius 1 is 1.23 bits per heavy atom. The van der Waals surface area contributed by atoms with E-state index in [1.807, 2.05) is 12.1 Å². The molecule has 0 saturated carbocycles. The summed E-state index contributed by atoms with van der Waals surface area (Å²) in [6.07, 6.45) is 4.99. The summed E-state index contributed by atoms with van der Waals surface area (Å²) < 4.78 is 18.8. The summed E-state index contributed by atoms with van der Waals surface area (Å²) >= 11 is 1.58. The molecule has 0 saturated heterocycles. The Hall–Kier alpha value is -2.55. The molecule has 0 atom stereocenters. The van der Waals surface area contributed by atoms with E-state index in [1.165, 1.54) is 5.56 Å². The summed E-state index contributed by atoms with van der Waals surface area (Å²) in [6.45, 7) is 6.33. The predicted octanol–water partition coefficient (Wildman–Crippen LogP) is 4.68. The lowest BCUT2D eigenvalue weighted by Crippen LogP contribution is -2.32. The fraction of sp³-hybridized carbons (Fsp3) is 0.435. The van der Waals surface area contributed by atoms with E-state index < -0.39 is 0 Å². The molecule has 31 heavy (non-hydrogen) atoms. The molecule has 1 aliphatic rings. The Kier molecular flexibility index (Phi) is 5.16. The van der Waals surface area contributed by atoms with Crippen LogP contribution >= 0.6 is 11.3 Å². The molecule has 0 N–H and O–H groups in total. The van der Waals surface area contributed by atoms with Crippen molar-refractivity contribution >= 4 is 31.8 Å². The molecule has 0 bridgehead atoms. The van der Waals surface area contributed by atoms with Gasteiger partial charge in [0.25, 0.3) is 0 Å². The van der Waals surface area contributed by atoms with Gasteiger partial charge >= 0.3 is 0 Å². The molecule has 7 nitrogen and oxygen atoms in total. The van der Waals surface area contributed by atoms with Crippen LogP contribution in [0.1, 0.15) is 31.4 Å². The van der Waals surface area contributed by atoms with Crippen molar-refractivity contribution in [2.24, 2.45) is 0 Å². The minimum Gasteiger partial charge on any atom is -0.477 e. The number of furan rings is 1. The summed E-state index contributed by atoms with van der Waals surface area (Å²) in [7, 11) is 4.12.